The Morgan fingerprint density at radius 2 is 1.97 bits per heavy atom. The van der Waals surface area contributed by atoms with Gasteiger partial charge in [0.1, 0.15) is 11.3 Å². The lowest BCUT2D eigenvalue weighted by molar-refractivity contribution is 0.0600. The van der Waals surface area contributed by atoms with Crippen molar-refractivity contribution >= 4 is 22.6 Å². The van der Waals surface area contributed by atoms with Crippen LogP contribution in [0.5, 0.6) is 5.75 Å². The summed E-state index contributed by atoms with van der Waals surface area (Å²) >= 11 is 0. The normalized spacial score (nSPS) is 13.1. The number of benzene rings is 2. The molecule has 0 saturated carbocycles. The van der Waals surface area contributed by atoms with Crippen molar-refractivity contribution in [2.75, 3.05) is 18.7 Å². The van der Waals surface area contributed by atoms with Gasteiger partial charge in [-0.1, -0.05) is 13.3 Å². The Hall–Kier alpha value is -3.28. The second-order valence-corrected chi connectivity index (χ2v) is 7.22. The van der Waals surface area contributed by atoms with Gasteiger partial charge in [0.15, 0.2) is 6.73 Å². The van der Waals surface area contributed by atoms with E-state index in [1.54, 1.807) is 18.2 Å². The van der Waals surface area contributed by atoms with Crippen molar-refractivity contribution in [2.24, 2.45) is 0 Å². The summed E-state index contributed by atoms with van der Waals surface area (Å²) < 4.78 is 16.3. The number of aryl methyl sites for hydroxylation is 2. The van der Waals surface area contributed by atoms with Crippen LogP contribution in [0.4, 0.5) is 5.69 Å². The molecule has 2 aromatic carbocycles. The maximum Gasteiger partial charge on any atom is 0.337 e. The van der Waals surface area contributed by atoms with Crippen LogP contribution in [0.15, 0.2) is 45.6 Å². The van der Waals surface area contributed by atoms with Crippen molar-refractivity contribution < 1.29 is 18.7 Å². The number of anilines is 1. The summed E-state index contributed by atoms with van der Waals surface area (Å²) in [5.74, 6) is 0.417. The third kappa shape index (κ3) is 3.46. The highest BCUT2D eigenvalue weighted by Crippen LogP contribution is 2.37. The Morgan fingerprint density at radius 1 is 1.21 bits per heavy atom. The first-order valence-electron chi connectivity index (χ1n) is 9.67. The van der Waals surface area contributed by atoms with E-state index in [9.17, 15) is 9.59 Å². The van der Waals surface area contributed by atoms with Crippen LogP contribution in [0.1, 0.15) is 40.4 Å². The highest BCUT2D eigenvalue weighted by molar-refractivity contribution is 5.90. The van der Waals surface area contributed by atoms with Gasteiger partial charge in [-0.05, 0) is 49.2 Å². The number of ether oxygens (including phenoxy) is 2. The van der Waals surface area contributed by atoms with Gasteiger partial charge in [-0.15, -0.1) is 0 Å². The predicted octanol–water partition coefficient (Wildman–Crippen LogP) is 4.20. The van der Waals surface area contributed by atoms with Gasteiger partial charge in [0.05, 0.1) is 12.7 Å². The van der Waals surface area contributed by atoms with Gasteiger partial charge < -0.3 is 18.8 Å². The molecule has 0 saturated heterocycles. The molecular formula is C23H23NO5. The molecule has 4 rings (SSSR count). The van der Waals surface area contributed by atoms with E-state index >= 15 is 0 Å². The molecule has 0 atom stereocenters. The lowest BCUT2D eigenvalue weighted by Crippen LogP contribution is -2.32. The molecule has 0 radical (unpaired) electrons. The number of fused-ring (bicyclic) bond motifs is 2. The SMILES string of the molecule is CCCc1cc(=O)oc2c(C)c3c(cc12)CN(c1ccc(C(=O)OC)cc1)CO3. The molecule has 29 heavy (non-hydrogen) atoms. The van der Waals surface area contributed by atoms with Crippen LogP contribution in [0.25, 0.3) is 11.0 Å². The minimum Gasteiger partial charge on any atom is -0.472 e. The molecule has 3 aromatic rings. The lowest BCUT2D eigenvalue weighted by Gasteiger charge is -2.32. The van der Waals surface area contributed by atoms with Gasteiger partial charge in [0.2, 0.25) is 0 Å². The highest BCUT2D eigenvalue weighted by atomic mass is 16.5. The standard InChI is InChI=1S/C23H23NO5/c1-4-5-16-11-20(25)29-22-14(2)21-17(10-19(16)22)12-24(13-28-21)18-8-6-15(7-9-18)23(26)27-3/h6-11H,4-5,12-13H2,1-3H3. The molecule has 2 heterocycles. The number of carbonyl (C=O) groups excluding carboxylic acids is 1. The minimum absolute atomic E-state index is 0.327. The van der Waals surface area contributed by atoms with Crippen molar-refractivity contribution in [3.05, 3.63) is 69.1 Å². The number of nitrogens with zero attached hydrogens (tertiary/aromatic N) is 1. The molecule has 0 amide bonds. The first kappa shape index (κ1) is 19.1. The second-order valence-electron chi connectivity index (χ2n) is 7.22. The fourth-order valence-electron chi connectivity index (χ4n) is 3.85. The molecule has 0 bridgehead atoms. The van der Waals surface area contributed by atoms with E-state index in [1.807, 2.05) is 19.1 Å². The summed E-state index contributed by atoms with van der Waals surface area (Å²) in [7, 11) is 1.37. The molecule has 1 aliphatic rings. The van der Waals surface area contributed by atoms with Crippen molar-refractivity contribution in [3.8, 4) is 5.75 Å². The zero-order chi connectivity index (χ0) is 20.5. The molecule has 0 fully saturated rings. The van der Waals surface area contributed by atoms with Gasteiger partial charge in [-0.2, -0.15) is 0 Å². The van der Waals surface area contributed by atoms with E-state index in [2.05, 4.69) is 17.9 Å². The number of esters is 1. The summed E-state index contributed by atoms with van der Waals surface area (Å²) in [6.45, 7) is 5.05. The van der Waals surface area contributed by atoms with Crippen LogP contribution in [-0.2, 0) is 17.7 Å². The van der Waals surface area contributed by atoms with Gasteiger partial charge in [-0.25, -0.2) is 9.59 Å². The molecule has 0 spiro atoms. The van der Waals surface area contributed by atoms with E-state index in [1.165, 1.54) is 7.11 Å². The van der Waals surface area contributed by atoms with Crippen molar-refractivity contribution in [2.45, 2.75) is 33.2 Å². The smallest absolute Gasteiger partial charge is 0.337 e. The lowest BCUT2D eigenvalue weighted by atomic mass is 9.98. The minimum atomic E-state index is -0.358. The maximum absolute atomic E-state index is 12.0. The highest BCUT2D eigenvalue weighted by Gasteiger charge is 2.23. The van der Waals surface area contributed by atoms with Gasteiger partial charge in [-0.3, -0.25) is 0 Å². The topological polar surface area (TPSA) is 69.0 Å². The van der Waals surface area contributed by atoms with Gasteiger partial charge >= 0.3 is 11.6 Å². The summed E-state index contributed by atoms with van der Waals surface area (Å²) in [6.07, 6.45) is 1.77. The number of carbonyl (C=O) groups is 1. The molecule has 0 aliphatic carbocycles. The first-order chi connectivity index (χ1) is 14.0. The Kier molecular flexibility index (Phi) is 5.01. The zero-order valence-corrected chi connectivity index (χ0v) is 16.8. The van der Waals surface area contributed by atoms with Crippen molar-refractivity contribution in [1.29, 1.82) is 0 Å². The van der Waals surface area contributed by atoms with Crippen molar-refractivity contribution in [3.63, 3.8) is 0 Å². The molecule has 6 nitrogen and oxygen atoms in total. The summed E-state index contributed by atoms with van der Waals surface area (Å²) in [5, 5.41) is 0.967. The molecule has 1 aromatic heterocycles. The maximum atomic E-state index is 12.0. The largest absolute Gasteiger partial charge is 0.472 e. The third-order valence-electron chi connectivity index (χ3n) is 5.28. The number of rotatable bonds is 4. The van der Waals surface area contributed by atoms with Crippen LogP contribution >= 0.6 is 0 Å². The summed E-state index contributed by atoms with van der Waals surface area (Å²) in [5.41, 5.74) is 4.65. The van der Waals surface area contributed by atoms with Crippen LogP contribution in [0, 0.1) is 6.92 Å². The molecular weight excluding hydrogens is 370 g/mol. The quantitative estimate of drug-likeness (QED) is 0.489. The second kappa shape index (κ2) is 7.62. The van der Waals surface area contributed by atoms with E-state index in [-0.39, 0.29) is 11.6 Å². The monoisotopic (exact) mass is 393 g/mol. The first-order valence-corrected chi connectivity index (χ1v) is 9.67. The molecule has 6 heteroatoms. The van der Waals surface area contributed by atoms with E-state index < -0.39 is 0 Å². The third-order valence-corrected chi connectivity index (χ3v) is 5.28. The fourth-order valence-corrected chi connectivity index (χ4v) is 3.85. The predicted molar refractivity (Wildman–Crippen MR) is 111 cm³/mol. The van der Waals surface area contributed by atoms with Crippen LogP contribution in [0.3, 0.4) is 0 Å². The Bertz CT molecular complexity index is 1130. The average molecular weight is 393 g/mol. The zero-order valence-electron chi connectivity index (χ0n) is 16.8. The number of hydrogen-bond acceptors (Lipinski definition) is 6. The Labute approximate surface area is 168 Å². The fraction of sp³-hybridized carbons (Fsp3) is 0.304. The van der Waals surface area contributed by atoms with E-state index in [0.717, 1.165) is 46.4 Å². The average Bonchev–Trinajstić information content (AvgIpc) is 2.74. The van der Waals surface area contributed by atoms with Crippen LogP contribution < -0.4 is 15.3 Å². The Balaban J connectivity index is 1.72. The summed E-state index contributed by atoms with van der Waals surface area (Å²) in [6, 6.07) is 10.9. The Morgan fingerprint density at radius 3 is 2.66 bits per heavy atom. The van der Waals surface area contributed by atoms with Crippen molar-refractivity contribution in [1.82, 2.24) is 0 Å². The molecule has 150 valence electrons. The number of hydrogen-bond donors (Lipinski definition) is 0. The molecule has 1 aliphatic heterocycles. The van der Waals surface area contributed by atoms with E-state index in [4.69, 9.17) is 13.9 Å². The van der Waals surface area contributed by atoms with Crippen LogP contribution in [0.2, 0.25) is 0 Å². The van der Waals surface area contributed by atoms with Gasteiger partial charge in [0, 0.05) is 34.8 Å². The van der Waals surface area contributed by atoms with E-state index in [0.29, 0.717) is 24.4 Å². The van der Waals surface area contributed by atoms with Crippen LogP contribution in [-0.4, -0.2) is 19.8 Å². The molecule has 0 N–H and O–H groups in total. The van der Waals surface area contributed by atoms with Gasteiger partial charge in [0.25, 0.3) is 0 Å². The summed E-state index contributed by atoms with van der Waals surface area (Å²) in [4.78, 5) is 25.7. The molecule has 0 unspecified atom stereocenters. The number of methoxy groups -OCH3 is 1.